The molecule has 1 unspecified atom stereocenters. The van der Waals surface area contributed by atoms with Crippen LogP contribution in [0.1, 0.15) is 36.1 Å². The third kappa shape index (κ3) is 2.83. The molecule has 1 fully saturated rings. The first-order valence-corrected chi connectivity index (χ1v) is 7.12. The summed E-state index contributed by atoms with van der Waals surface area (Å²) < 4.78 is 7.08. The second-order valence-corrected chi connectivity index (χ2v) is 5.46. The van der Waals surface area contributed by atoms with Gasteiger partial charge in [0.1, 0.15) is 11.1 Å². The van der Waals surface area contributed by atoms with Crippen LogP contribution in [0, 0.1) is 0 Å². The lowest BCUT2D eigenvalue weighted by molar-refractivity contribution is -0.136. The topological polar surface area (TPSA) is 103 Å². The average Bonchev–Trinajstić information content (AvgIpc) is 3.15. The van der Waals surface area contributed by atoms with Gasteiger partial charge >= 0.3 is 5.97 Å². The molecule has 0 radical (unpaired) electrons. The number of nitrogens with zero attached hydrogens (tertiary/aromatic N) is 5. The Morgan fingerprint density at radius 1 is 1.50 bits per heavy atom. The summed E-state index contributed by atoms with van der Waals surface area (Å²) in [7, 11) is 0. The number of hydrogen-bond donors (Lipinski definition) is 1. The van der Waals surface area contributed by atoms with E-state index in [1.165, 1.54) is 16.0 Å². The van der Waals surface area contributed by atoms with E-state index >= 15 is 0 Å². The molecule has 1 aliphatic heterocycles. The summed E-state index contributed by atoms with van der Waals surface area (Å²) >= 11 is 1.42. The minimum Gasteiger partial charge on any atom is -0.481 e. The SMILES string of the molecule is O=C(O)CCc1cn(-c2nnc(C3CCCO3)s2)nn1. The summed E-state index contributed by atoms with van der Waals surface area (Å²) in [5, 5.41) is 26.2. The van der Waals surface area contributed by atoms with Crippen molar-refractivity contribution < 1.29 is 14.6 Å². The van der Waals surface area contributed by atoms with Crippen LogP contribution in [-0.2, 0) is 16.0 Å². The number of hydrogen-bond acceptors (Lipinski definition) is 7. The van der Waals surface area contributed by atoms with Gasteiger partial charge in [0, 0.05) is 13.0 Å². The molecule has 9 heteroatoms. The van der Waals surface area contributed by atoms with Gasteiger partial charge in [-0.2, -0.15) is 4.68 Å². The third-order valence-electron chi connectivity index (χ3n) is 2.97. The molecule has 1 saturated heterocycles. The highest BCUT2D eigenvalue weighted by atomic mass is 32.1. The molecule has 2 aromatic heterocycles. The normalized spacial score (nSPS) is 18.5. The number of carbonyl (C=O) groups is 1. The van der Waals surface area contributed by atoms with Crippen LogP contribution in [0.3, 0.4) is 0 Å². The highest BCUT2D eigenvalue weighted by molar-refractivity contribution is 7.13. The lowest BCUT2D eigenvalue weighted by Gasteiger charge is -2.01. The van der Waals surface area contributed by atoms with Crippen LogP contribution in [0.25, 0.3) is 5.13 Å². The standard InChI is InChI=1S/C11H13N5O3S/c17-9(18)4-3-7-6-16(15-12-7)11-14-13-10(20-11)8-2-1-5-19-8/h6,8H,1-5H2,(H,17,18). The van der Waals surface area contributed by atoms with Crippen LogP contribution in [0.2, 0.25) is 0 Å². The van der Waals surface area contributed by atoms with E-state index in [1.54, 1.807) is 6.20 Å². The molecule has 20 heavy (non-hydrogen) atoms. The van der Waals surface area contributed by atoms with Gasteiger partial charge < -0.3 is 9.84 Å². The minimum absolute atomic E-state index is 0.0377. The summed E-state index contributed by atoms with van der Waals surface area (Å²) in [6.07, 6.45) is 4.13. The van der Waals surface area contributed by atoms with Gasteiger partial charge in [-0.3, -0.25) is 4.79 Å². The van der Waals surface area contributed by atoms with E-state index < -0.39 is 5.97 Å². The number of ether oxygens (including phenoxy) is 1. The van der Waals surface area contributed by atoms with E-state index in [9.17, 15) is 4.79 Å². The maximum Gasteiger partial charge on any atom is 0.303 e. The van der Waals surface area contributed by atoms with Crippen molar-refractivity contribution in [2.45, 2.75) is 31.8 Å². The van der Waals surface area contributed by atoms with Crippen LogP contribution in [0.15, 0.2) is 6.20 Å². The van der Waals surface area contributed by atoms with Gasteiger partial charge in [0.05, 0.1) is 18.3 Å². The Kier molecular flexibility index (Phi) is 3.70. The zero-order valence-corrected chi connectivity index (χ0v) is 11.4. The molecule has 8 nitrogen and oxygen atoms in total. The van der Waals surface area contributed by atoms with Crippen molar-refractivity contribution in [2.24, 2.45) is 0 Å². The summed E-state index contributed by atoms with van der Waals surface area (Å²) in [4.78, 5) is 10.5. The fraction of sp³-hybridized carbons (Fsp3) is 0.545. The summed E-state index contributed by atoms with van der Waals surface area (Å²) in [6, 6.07) is 0. The van der Waals surface area contributed by atoms with Crippen LogP contribution in [0.5, 0.6) is 0 Å². The van der Waals surface area contributed by atoms with E-state index in [2.05, 4.69) is 20.5 Å². The molecule has 3 rings (SSSR count). The maximum absolute atomic E-state index is 10.5. The zero-order chi connectivity index (χ0) is 13.9. The Hall–Kier alpha value is -1.87. The van der Waals surface area contributed by atoms with E-state index in [1.807, 2.05) is 0 Å². The maximum atomic E-state index is 10.5. The molecule has 0 saturated carbocycles. The molecule has 1 N–H and O–H groups in total. The van der Waals surface area contributed by atoms with Gasteiger partial charge in [0.25, 0.3) is 0 Å². The Morgan fingerprint density at radius 3 is 3.15 bits per heavy atom. The number of aromatic nitrogens is 5. The predicted molar refractivity (Wildman–Crippen MR) is 68.7 cm³/mol. The molecule has 0 aromatic carbocycles. The molecule has 1 aliphatic rings. The van der Waals surface area contributed by atoms with E-state index in [-0.39, 0.29) is 12.5 Å². The zero-order valence-electron chi connectivity index (χ0n) is 10.6. The average molecular weight is 295 g/mol. The van der Waals surface area contributed by atoms with E-state index in [0.717, 1.165) is 24.5 Å². The molecular weight excluding hydrogens is 282 g/mol. The van der Waals surface area contributed by atoms with Gasteiger partial charge in [0.15, 0.2) is 0 Å². The molecular formula is C11H13N5O3S. The van der Waals surface area contributed by atoms with Crippen LogP contribution in [0.4, 0.5) is 0 Å². The largest absolute Gasteiger partial charge is 0.481 e. The minimum atomic E-state index is -0.851. The van der Waals surface area contributed by atoms with Crippen molar-refractivity contribution in [3.05, 3.63) is 16.9 Å². The van der Waals surface area contributed by atoms with Crippen LogP contribution >= 0.6 is 11.3 Å². The molecule has 106 valence electrons. The molecule has 0 aliphatic carbocycles. The van der Waals surface area contributed by atoms with Crippen molar-refractivity contribution in [1.29, 1.82) is 0 Å². The summed E-state index contributed by atoms with van der Waals surface area (Å²) in [5.41, 5.74) is 0.626. The van der Waals surface area contributed by atoms with Gasteiger partial charge in [0.2, 0.25) is 5.13 Å². The van der Waals surface area contributed by atoms with Crippen molar-refractivity contribution in [3.63, 3.8) is 0 Å². The van der Waals surface area contributed by atoms with Gasteiger partial charge in [-0.05, 0) is 12.8 Å². The number of aryl methyl sites for hydroxylation is 1. The Morgan fingerprint density at radius 2 is 2.40 bits per heavy atom. The first-order valence-electron chi connectivity index (χ1n) is 6.31. The Labute approximate surface area is 118 Å². The molecule has 0 spiro atoms. The quantitative estimate of drug-likeness (QED) is 0.877. The summed E-state index contributed by atoms with van der Waals surface area (Å²) in [6.45, 7) is 0.766. The smallest absolute Gasteiger partial charge is 0.303 e. The second kappa shape index (κ2) is 5.63. The molecule has 2 aromatic rings. The van der Waals surface area contributed by atoms with Crippen LogP contribution in [-0.4, -0.2) is 42.9 Å². The molecule has 1 atom stereocenters. The number of carboxylic acid groups (broad SMARTS) is 1. The summed E-state index contributed by atoms with van der Waals surface area (Å²) in [5.74, 6) is -0.851. The van der Waals surface area contributed by atoms with Crippen molar-refractivity contribution >= 4 is 17.3 Å². The van der Waals surface area contributed by atoms with E-state index in [4.69, 9.17) is 9.84 Å². The van der Waals surface area contributed by atoms with Crippen molar-refractivity contribution in [3.8, 4) is 5.13 Å². The third-order valence-corrected chi connectivity index (χ3v) is 3.97. The van der Waals surface area contributed by atoms with Crippen molar-refractivity contribution in [2.75, 3.05) is 6.61 Å². The fourth-order valence-electron chi connectivity index (χ4n) is 1.96. The molecule has 0 bridgehead atoms. The van der Waals surface area contributed by atoms with E-state index in [0.29, 0.717) is 17.2 Å². The highest BCUT2D eigenvalue weighted by Gasteiger charge is 2.22. The monoisotopic (exact) mass is 295 g/mol. The predicted octanol–water partition coefficient (Wildman–Crippen LogP) is 0.987. The lowest BCUT2D eigenvalue weighted by Crippen LogP contribution is -1.97. The number of rotatable bonds is 5. The first-order chi connectivity index (χ1) is 9.72. The van der Waals surface area contributed by atoms with Gasteiger partial charge in [-0.15, -0.1) is 15.3 Å². The number of aliphatic carboxylic acids is 1. The van der Waals surface area contributed by atoms with Crippen LogP contribution < -0.4 is 0 Å². The number of carboxylic acids is 1. The second-order valence-electron chi connectivity index (χ2n) is 4.47. The van der Waals surface area contributed by atoms with Crippen molar-refractivity contribution in [1.82, 2.24) is 25.2 Å². The van der Waals surface area contributed by atoms with Gasteiger partial charge in [-0.25, -0.2) is 0 Å². The molecule has 0 amide bonds. The Balaban J connectivity index is 1.71. The molecule has 3 heterocycles. The first kappa shape index (κ1) is 13.1. The lowest BCUT2D eigenvalue weighted by atomic mass is 10.2. The Bertz CT molecular complexity index is 605. The highest BCUT2D eigenvalue weighted by Crippen LogP contribution is 2.31. The van der Waals surface area contributed by atoms with Gasteiger partial charge in [-0.1, -0.05) is 16.6 Å². The fourth-order valence-corrected chi connectivity index (χ4v) is 2.81.